The quantitative estimate of drug-likeness (QED) is 0.280. The lowest BCUT2D eigenvalue weighted by molar-refractivity contribution is 0.240. The highest BCUT2D eigenvalue weighted by Gasteiger charge is 2.30. The van der Waals surface area contributed by atoms with Crippen LogP contribution in [-0.2, 0) is 13.6 Å². The lowest BCUT2D eigenvalue weighted by Crippen LogP contribution is -2.48. The Hall–Kier alpha value is -4.84. The second-order valence-electron chi connectivity index (χ2n) is 9.78. The van der Waals surface area contributed by atoms with Gasteiger partial charge in [-0.3, -0.25) is 9.58 Å². The standard InChI is InChI=1S/C30H32N8O/c1-37-21-26(20-34-37)35-24-8-12-27(13-9-24)38(30(39)33-18-22-5-3-2-4-6-22)28-14-10-25(11-15-28)36-29-16-7-23(17-31)19-32-29/h2-9,12-13,16,19-21,25,28,35H,10-11,14-15,18H2,1H3,(H,32,36)(H,33,39). The van der Waals surface area contributed by atoms with Gasteiger partial charge in [0.1, 0.15) is 11.9 Å². The van der Waals surface area contributed by atoms with E-state index in [4.69, 9.17) is 5.26 Å². The molecular formula is C30H32N8O. The summed E-state index contributed by atoms with van der Waals surface area (Å²) >= 11 is 0. The first kappa shape index (κ1) is 25.8. The van der Waals surface area contributed by atoms with Gasteiger partial charge in [0.05, 0.1) is 17.4 Å². The number of aromatic nitrogens is 3. The number of hydrogen-bond donors (Lipinski definition) is 3. The summed E-state index contributed by atoms with van der Waals surface area (Å²) in [5.41, 5.74) is 4.31. The number of benzene rings is 2. The van der Waals surface area contributed by atoms with Crippen LogP contribution >= 0.6 is 0 Å². The van der Waals surface area contributed by atoms with Crippen molar-refractivity contribution in [1.29, 1.82) is 5.26 Å². The first-order valence-electron chi connectivity index (χ1n) is 13.2. The summed E-state index contributed by atoms with van der Waals surface area (Å²) in [6, 6.07) is 23.9. The molecule has 5 rings (SSSR count). The number of carbonyl (C=O) groups is 1. The molecule has 1 fully saturated rings. The van der Waals surface area contributed by atoms with E-state index >= 15 is 0 Å². The monoisotopic (exact) mass is 520 g/mol. The van der Waals surface area contributed by atoms with E-state index in [9.17, 15) is 4.79 Å². The Bertz CT molecular complexity index is 1400. The SMILES string of the molecule is Cn1cc(Nc2ccc(N(C(=O)NCc3ccccc3)C3CCC(Nc4ccc(C#N)cn4)CC3)cc2)cn1. The summed E-state index contributed by atoms with van der Waals surface area (Å²) in [5.74, 6) is 0.770. The lowest BCUT2D eigenvalue weighted by Gasteiger charge is -2.37. The number of amides is 2. The zero-order chi connectivity index (χ0) is 27.0. The molecule has 4 aromatic rings. The topological polar surface area (TPSA) is 111 Å². The van der Waals surface area contributed by atoms with Crippen LogP contribution < -0.4 is 20.9 Å². The van der Waals surface area contributed by atoms with E-state index in [-0.39, 0.29) is 18.1 Å². The third kappa shape index (κ3) is 6.73. The molecule has 0 bridgehead atoms. The third-order valence-electron chi connectivity index (χ3n) is 6.95. The zero-order valence-electron chi connectivity index (χ0n) is 21.9. The molecule has 0 spiro atoms. The maximum Gasteiger partial charge on any atom is 0.322 e. The largest absolute Gasteiger partial charge is 0.367 e. The fourth-order valence-electron chi connectivity index (χ4n) is 4.94. The van der Waals surface area contributed by atoms with E-state index in [1.54, 1.807) is 23.1 Å². The van der Waals surface area contributed by atoms with Gasteiger partial charge >= 0.3 is 6.03 Å². The van der Waals surface area contributed by atoms with Crippen LogP contribution in [0.1, 0.15) is 36.8 Å². The summed E-state index contributed by atoms with van der Waals surface area (Å²) in [6.07, 6.45) is 8.82. The number of nitrogens with one attached hydrogen (secondary N) is 3. The fraction of sp³-hybridized carbons (Fsp3) is 0.267. The van der Waals surface area contributed by atoms with Crippen molar-refractivity contribution in [2.45, 2.75) is 44.3 Å². The van der Waals surface area contributed by atoms with Gasteiger partial charge in [-0.1, -0.05) is 30.3 Å². The molecule has 0 saturated heterocycles. The Kier molecular flexibility index (Phi) is 8.03. The van der Waals surface area contributed by atoms with Gasteiger partial charge in [0.15, 0.2) is 0 Å². The molecular weight excluding hydrogens is 488 g/mol. The molecule has 198 valence electrons. The zero-order valence-corrected chi connectivity index (χ0v) is 21.9. The van der Waals surface area contributed by atoms with Crippen molar-refractivity contribution >= 4 is 28.9 Å². The number of nitriles is 1. The molecule has 3 N–H and O–H groups in total. The molecule has 0 aliphatic heterocycles. The van der Waals surface area contributed by atoms with Crippen LogP contribution in [0.4, 0.5) is 27.7 Å². The molecule has 9 heteroatoms. The molecule has 1 aliphatic rings. The lowest BCUT2D eigenvalue weighted by atomic mass is 9.90. The van der Waals surface area contributed by atoms with E-state index < -0.39 is 0 Å². The van der Waals surface area contributed by atoms with Crippen LogP contribution in [0.25, 0.3) is 0 Å². The summed E-state index contributed by atoms with van der Waals surface area (Å²) < 4.78 is 1.75. The Balaban J connectivity index is 1.27. The second-order valence-corrected chi connectivity index (χ2v) is 9.78. The van der Waals surface area contributed by atoms with Crippen LogP contribution in [0.15, 0.2) is 85.3 Å². The van der Waals surface area contributed by atoms with Gasteiger partial charge in [-0.2, -0.15) is 10.4 Å². The summed E-state index contributed by atoms with van der Waals surface area (Å²) in [5, 5.41) is 23.2. The first-order valence-corrected chi connectivity index (χ1v) is 13.2. The minimum absolute atomic E-state index is 0.0740. The van der Waals surface area contributed by atoms with E-state index in [1.165, 1.54) is 0 Å². The van der Waals surface area contributed by atoms with Crippen molar-refractivity contribution in [3.8, 4) is 6.07 Å². The molecule has 2 aromatic heterocycles. The van der Waals surface area contributed by atoms with Crippen molar-refractivity contribution in [3.05, 3.63) is 96.4 Å². The second kappa shape index (κ2) is 12.1. The molecule has 0 atom stereocenters. The molecule has 2 aromatic carbocycles. The van der Waals surface area contributed by atoms with Gasteiger partial charge in [-0.25, -0.2) is 9.78 Å². The molecule has 2 heterocycles. The highest BCUT2D eigenvalue weighted by molar-refractivity contribution is 5.93. The Morgan fingerprint density at radius 2 is 1.77 bits per heavy atom. The van der Waals surface area contributed by atoms with Gasteiger partial charge in [0, 0.05) is 49.4 Å². The number of urea groups is 1. The maximum absolute atomic E-state index is 13.6. The Labute approximate surface area is 228 Å². The van der Waals surface area contributed by atoms with Gasteiger partial charge in [-0.05, 0) is 67.6 Å². The molecule has 2 amide bonds. The van der Waals surface area contributed by atoms with Crippen LogP contribution in [0, 0.1) is 11.3 Å². The van der Waals surface area contributed by atoms with E-state index in [0.717, 1.165) is 54.1 Å². The summed E-state index contributed by atoms with van der Waals surface area (Å²) in [6.45, 7) is 0.470. The minimum atomic E-state index is -0.100. The predicted molar refractivity (Wildman–Crippen MR) is 153 cm³/mol. The van der Waals surface area contributed by atoms with E-state index in [0.29, 0.717) is 12.1 Å². The number of rotatable bonds is 8. The van der Waals surface area contributed by atoms with Gasteiger partial charge in [0.25, 0.3) is 0 Å². The van der Waals surface area contributed by atoms with Crippen LogP contribution in [0.5, 0.6) is 0 Å². The first-order chi connectivity index (χ1) is 19.1. The fourth-order valence-corrected chi connectivity index (χ4v) is 4.94. The van der Waals surface area contributed by atoms with Crippen molar-refractivity contribution in [3.63, 3.8) is 0 Å². The van der Waals surface area contributed by atoms with E-state index in [1.807, 2.05) is 78.8 Å². The molecule has 9 nitrogen and oxygen atoms in total. The predicted octanol–water partition coefficient (Wildman–Crippen LogP) is 5.57. The number of pyridine rings is 1. The number of anilines is 4. The number of carbonyl (C=O) groups excluding carboxylic acids is 1. The molecule has 0 radical (unpaired) electrons. The smallest absolute Gasteiger partial charge is 0.322 e. The molecule has 39 heavy (non-hydrogen) atoms. The number of hydrogen-bond acceptors (Lipinski definition) is 6. The molecule has 0 unspecified atom stereocenters. The number of aryl methyl sites for hydroxylation is 1. The molecule has 1 aliphatic carbocycles. The minimum Gasteiger partial charge on any atom is -0.367 e. The van der Waals surface area contributed by atoms with Crippen molar-refractivity contribution in [1.82, 2.24) is 20.1 Å². The third-order valence-corrected chi connectivity index (χ3v) is 6.95. The highest BCUT2D eigenvalue weighted by Crippen LogP contribution is 2.30. The van der Waals surface area contributed by atoms with E-state index in [2.05, 4.69) is 32.1 Å². The summed E-state index contributed by atoms with van der Waals surface area (Å²) in [7, 11) is 1.88. The van der Waals surface area contributed by atoms with Crippen molar-refractivity contribution < 1.29 is 4.79 Å². The Morgan fingerprint density at radius 3 is 2.41 bits per heavy atom. The number of nitrogens with zero attached hydrogens (tertiary/aromatic N) is 5. The summed E-state index contributed by atoms with van der Waals surface area (Å²) in [4.78, 5) is 19.8. The average molecular weight is 521 g/mol. The average Bonchev–Trinajstić information content (AvgIpc) is 3.39. The van der Waals surface area contributed by atoms with Crippen LogP contribution in [0.3, 0.4) is 0 Å². The van der Waals surface area contributed by atoms with Crippen molar-refractivity contribution in [2.75, 3.05) is 15.5 Å². The maximum atomic E-state index is 13.6. The van der Waals surface area contributed by atoms with Gasteiger partial charge in [0.2, 0.25) is 0 Å². The van der Waals surface area contributed by atoms with Gasteiger partial charge < -0.3 is 16.0 Å². The van der Waals surface area contributed by atoms with Crippen LogP contribution in [0.2, 0.25) is 0 Å². The van der Waals surface area contributed by atoms with Crippen molar-refractivity contribution in [2.24, 2.45) is 7.05 Å². The highest BCUT2D eigenvalue weighted by atomic mass is 16.2. The van der Waals surface area contributed by atoms with Crippen LogP contribution in [-0.4, -0.2) is 32.9 Å². The normalized spacial score (nSPS) is 16.6. The molecule has 1 saturated carbocycles. The Morgan fingerprint density at radius 1 is 1.00 bits per heavy atom. The van der Waals surface area contributed by atoms with Gasteiger partial charge in [-0.15, -0.1) is 0 Å².